The number of ether oxygens (including phenoxy) is 1. The van der Waals surface area contributed by atoms with E-state index >= 15 is 0 Å². The molecule has 2 aromatic rings. The summed E-state index contributed by atoms with van der Waals surface area (Å²) in [5.41, 5.74) is 2.18. The first-order valence-electron chi connectivity index (χ1n) is 7.10. The topological polar surface area (TPSA) is 56.8 Å². The number of hydrogen-bond acceptors (Lipinski definition) is 3. The number of rotatable bonds is 6. The van der Waals surface area contributed by atoms with Gasteiger partial charge in [-0.15, -0.1) is 0 Å². The van der Waals surface area contributed by atoms with Gasteiger partial charge in [-0.25, -0.2) is 0 Å². The minimum atomic E-state index is -0.628. The molecule has 0 aliphatic rings. The van der Waals surface area contributed by atoms with Gasteiger partial charge < -0.3 is 4.74 Å². The first kappa shape index (κ1) is 16.2. The smallest absolute Gasteiger partial charge is 0.118 e. The van der Waals surface area contributed by atoms with Crippen molar-refractivity contribution >= 4 is 0 Å². The Bertz CT molecular complexity index is 699. The van der Waals surface area contributed by atoms with E-state index in [0.717, 1.165) is 11.1 Å². The van der Waals surface area contributed by atoms with Crippen molar-refractivity contribution in [3.05, 3.63) is 96.1 Å². The highest BCUT2D eigenvalue weighted by Gasteiger charge is 2.24. The van der Waals surface area contributed by atoms with Crippen LogP contribution in [0.4, 0.5) is 0 Å². The van der Waals surface area contributed by atoms with Crippen molar-refractivity contribution in [2.75, 3.05) is 0 Å². The average molecular weight is 300 g/mol. The Kier molecular flexibility index (Phi) is 5.47. The minimum Gasteiger partial charge on any atom is -0.355 e. The van der Waals surface area contributed by atoms with E-state index in [-0.39, 0.29) is 11.1 Å². The van der Waals surface area contributed by atoms with Crippen LogP contribution >= 0.6 is 0 Å². The van der Waals surface area contributed by atoms with Gasteiger partial charge in [-0.05, 0) is 11.1 Å². The molecule has 3 nitrogen and oxygen atoms in total. The van der Waals surface area contributed by atoms with Gasteiger partial charge in [0.25, 0.3) is 0 Å². The normalized spacial score (nSPS) is 12.4. The quantitative estimate of drug-likeness (QED) is 0.730. The van der Waals surface area contributed by atoms with Gasteiger partial charge in [-0.1, -0.05) is 73.8 Å². The second-order valence-electron chi connectivity index (χ2n) is 4.99. The van der Waals surface area contributed by atoms with E-state index in [1.165, 1.54) is 0 Å². The van der Waals surface area contributed by atoms with Crippen LogP contribution in [0.3, 0.4) is 0 Å². The Morgan fingerprint density at radius 1 is 0.739 bits per heavy atom. The van der Waals surface area contributed by atoms with Crippen molar-refractivity contribution in [2.24, 2.45) is 0 Å². The molecule has 2 rings (SSSR count). The summed E-state index contributed by atoms with van der Waals surface area (Å²) in [5, 5.41) is 18.5. The van der Waals surface area contributed by atoms with E-state index in [2.05, 4.69) is 13.2 Å². The Hall–Kier alpha value is -3.14. The van der Waals surface area contributed by atoms with E-state index in [4.69, 9.17) is 4.74 Å². The summed E-state index contributed by atoms with van der Waals surface area (Å²) in [4.78, 5) is 0. The Balaban J connectivity index is 2.39. The first-order chi connectivity index (χ1) is 11.2. The zero-order valence-electron chi connectivity index (χ0n) is 12.6. The third-order valence-corrected chi connectivity index (χ3v) is 3.40. The van der Waals surface area contributed by atoms with Crippen molar-refractivity contribution in [1.29, 1.82) is 10.5 Å². The fourth-order valence-electron chi connectivity index (χ4n) is 2.23. The van der Waals surface area contributed by atoms with Crippen LogP contribution < -0.4 is 0 Å². The second-order valence-corrected chi connectivity index (χ2v) is 4.99. The average Bonchev–Trinajstić information content (AvgIpc) is 2.63. The molecule has 0 spiro atoms. The van der Waals surface area contributed by atoms with Crippen LogP contribution in [0, 0.1) is 22.7 Å². The van der Waals surface area contributed by atoms with Crippen LogP contribution in [0.5, 0.6) is 0 Å². The maximum Gasteiger partial charge on any atom is 0.118 e. The number of hydrogen-bond donors (Lipinski definition) is 0. The van der Waals surface area contributed by atoms with Crippen LogP contribution in [0.15, 0.2) is 85.0 Å². The lowest BCUT2D eigenvalue weighted by Crippen LogP contribution is -2.13. The molecule has 0 unspecified atom stereocenters. The molecule has 0 N–H and O–H groups in total. The van der Waals surface area contributed by atoms with Gasteiger partial charge in [0.2, 0.25) is 0 Å². The molecule has 2 atom stereocenters. The summed E-state index contributed by atoms with van der Waals surface area (Å²) >= 11 is 0. The maximum absolute atomic E-state index is 9.23. The highest BCUT2D eigenvalue weighted by molar-refractivity contribution is 5.36. The molecule has 0 aliphatic carbocycles. The van der Waals surface area contributed by atoms with Crippen LogP contribution in [0.1, 0.15) is 23.3 Å². The highest BCUT2D eigenvalue weighted by Crippen LogP contribution is 2.34. The lowest BCUT2D eigenvalue weighted by atomic mass is 10.00. The molecule has 0 heterocycles. The Morgan fingerprint density at radius 3 is 1.39 bits per heavy atom. The first-order valence-corrected chi connectivity index (χ1v) is 7.10. The molecule has 0 aliphatic heterocycles. The van der Waals surface area contributed by atoms with Crippen LogP contribution in [-0.2, 0) is 4.74 Å². The van der Waals surface area contributed by atoms with E-state index in [0.29, 0.717) is 0 Å². The van der Waals surface area contributed by atoms with Crippen molar-refractivity contribution in [3.63, 3.8) is 0 Å². The number of nitriles is 2. The van der Waals surface area contributed by atoms with Gasteiger partial charge in [0.1, 0.15) is 12.2 Å². The summed E-state index contributed by atoms with van der Waals surface area (Å²) < 4.78 is 6.08. The third kappa shape index (κ3) is 3.95. The molecule has 23 heavy (non-hydrogen) atoms. The van der Waals surface area contributed by atoms with E-state index < -0.39 is 12.2 Å². The third-order valence-electron chi connectivity index (χ3n) is 3.40. The summed E-state index contributed by atoms with van der Waals surface area (Å²) in [7, 11) is 0. The molecular weight excluding hydrogens is 284 g/mol. The lowest BCUT2D eigenvalue weighted by molar-refractivity contribution is 0.0315. The molecule has 0 aromatic heterocycles. The zero-order chi connectivity index (χ0) is 16.7. The largest absolute Gasteiger partial charge is 0.355 e. The summed E-state index contributed by atoms with van der Waals surface area (Å²) in [5.74, 6) is 0. The molecule has 112 valence electrons. The van der Waals surface area contributed by atoms with Gasteiger partial charge in [0.05, 0.1) is 23.3 Å². The molecule has 0 saturated carbocycles. The molecular formula is C20H16N2O. The van der Waals surface area contributed by atoms with Crippen molar-refractivity contribution < 1.29 is 4.74 Å². The summed E-state index contributed by atoms with van der Waals surface area (Å²) in [6.07, 6.45) is -1.26. The van der Waals surface area contributed by atoms with Crippen LogP contribution in [0.25, 0.3) is 0 Å². The number of benzene rings is 2. The van der Waals surface area contributed by atoms with E-state index in [9.17, 15) is 10.5 Å². The standard InChI is InChI=1S/C20H16N2O/c1-15(13-21)19(17-9-5-3-6-10-17)23-20(16(2)14-22)18-11-7-4-8-12-18/h3-12,19-20H,1-2H2/t19-,20-/m1/s1. The molecule has 0 amide bonds. The van der Waals surface area contributed by atoms with E-state index in [1.807, 2.05) is 72.8 Å². The molecule has 0 fully saturated rings. The van der Waals surface area contributed by atoms with Gasteiger partial charge in [0.15, 0.2) is 0 Å². The lowest BCUT2D eigenvalue weighted by Gasteiger charge is -2.24. The molecule has 2 aromatic carbocycles. The van der Waals surface area contributed by atoms with Gasteiger partial charge >= 0.3 is 0 Å². The fourth-order valence-corrected chi connectivity index (χ4v) is 2.23. The van der Waals surface area contributed by atoms with Gasteiger partial charge in [-0.3, -0.25) is 0 Å². The number of nitrogens with zero attached hydrogens (tertiary/aromatic N) is 2. The van der Waals surface area contributed by atoms with E-state index in [1.54, 1.807) is 0 Å². The SMILES string of the molecule is C=C(C#N)[C@@H](O[C@H](C(=C)C#N)c1ccccc1)c1ccccc1. The molecule has 0 radical (unpaired) electrons. The van der Waals surface area contributed by atoms with Crippen molar-refractivity contribution in [3.8, 4) is 12.1 Å². The fraction of sp³-hybridized carbons (Fsp3) is 0.100. The highest BCUT2D eigenvalue weighted by atomic mass is 16.5. The van der Waals surface area contributed by atoms with Gasteiger partial charge in [-0.2, -0.15) is 10.5 Å². The zero-order valence-corrected chi connectivity index (χ0v) is 12.6. The maximum atomic E-state index is 9.23. The molecule has 0 saturated heterocycles. The molecule has 3 heteroatoms. The predicted molar refractivity (Wildman–Crippen MR) is 89.0 cm³/mol. The Morgan fingerprint density at radius 2 is 1.09 bits per heavy atom. The summed E-state index contributed by atoms with van der Waals surface area (Å²) in [6, 6.07) is 22.8. The van der Waals surface area contributed by atoms with Crippen molar-refractivity contribution in [1.82, 2.24) is 0 Å². The Labute approximate surface area is 136 Å². The van der Waals surface area contributed by atoms with Crippen LogP contribution in [-0.4, -0.2) is 0 Å². The van der Waals surface area contributed by atoms with Gasteiger partial charge in [0, 0.05) is 0 Å². The second kappa shape index (κ2) is 7.75. The molecule has 0 bridgehead atoms. The van der Waals surface area contributed by atoms with Crippen LogP contribution in [0.2, 0.25) is 0 Å². The minimum absolute atomic E-state index is 0.280. The van der Waals surface area contributed by atoms with Crippen molar-refractivity contribution in [2.45, 2.75) is 12.2 Å². The summed E-state index contributed by atoms with van der Waals surface area (Å²) in [6.45, 7) is 7.57. The predicted octanol–water partition coefficient (Wildman–Crippen LogP) is 4.65. The monoisotopic (exact) mass is 300 g/mol.